The molecule has 2 amide bonds. The van der Waals surface area contributed by atoms with Crippen LogP contribution in [-0.2, 0) is 11.2 Å². The van der Waals surface area contributed by atoms with Crippen molar-refractivity contribution < 1.29 is 14.0 Å². The lowest BCUT2D eigenvalue weighted by atomic mass is 10.0. The van der Waals surface area contributed by atoms with Crippen molar-refractivity contribution in [2.75, 3.05) is 13.1 Å². The van der Waals surface area contributed by atoms with Crippen molar-refractivity contribution in [1.82, 2.24) is 20.4 Å². The van der Waals surface area contributed by atoms with E-state index in [0.717, 1.165) is 31.2 Å². The maximum absolute atomic E-state index is 12.3. The van der Waals surface area contributed by atoms with Gasteiger partial charge in [0.05, 0.1) is 12.5 Å². The molecule has 1 aliphatic heterocycles. The fourth-order valence-electron chi connectivity index (χ4n) is 3.00. The number of nitrogens with one attached hydrogen (secondary N) is 2. The predicted octanol–water partition coefficient (Wildman–Crippen LogP) is 1.75. The van der Waals surface area contributed by atoms with E-state index in [4.69, 9.17) is 4.42 Å². The zero-order valence-electron chi connectivity index (χ0n) is 13.5. The third-order valence-electron chi connectivity index (χ3n) is 4.23. The summed E-state index contributed by atoms with van der Waals surface area (Å²) in [5.74, 6) is 0.275. The van der Waals surface area contributed by atoms with E-state index in [0.29, 0.717) is 25.3 Å². The van der Waals surface area contributed by atoms with E-state index < -0.39 is 0 Å². The number of aryl methyl sites for hydroxylation is 1. The van der Waals surface area contributed by atoms with Gasteiger partial charge in [0.1, 0.15) is 0 Å². The first kappa shape index (κ1) is 16.3. The molecule has 3 rings (SSSR count). The molecule has 24 heavy (non-hydrogen) atoms. The Labute approximate surface area is 140 Å². The molecule has 0 aliphatic carbocycles. The van der Waals surface area contributed by atoms with Crippen LogP contribution in [-0.4, -0.2) is 46.0 Å². The second-order valence-corrected chi connectivity index (χ2v) is 6.10. The van der Waals surface area contributed by atoms with Crippen LogP contribution in [0.2, 0.25) is 0 Å². The van der Waals surface area contributed by atoms with Crippen molar-refractivity contribution >= 4 is 11.8 Å². The highest BCUT2D eigenvalue weighted by atomic mass is 16.3. The van der Waals surface area contributed by atoms with Crippen LogP contribution in [0.25, 0.3) is 0 Å². The van der Waals surface area contributed by atoms with Crippen LogP contribution >= 0.6 is 0 Å². The number of aromatic nitrogens is 2. The second kappa shape index (κ2) is 7.81. The summed E-state index contributed by atoms with van der Waals surface area (Å²) in [5, 5.41) is 9.70. The van der Waals surface area contributed by atoms with Crippen LogP contribution in [0.15, 0.2) is 35.2 Å². The van der Waals surface area contributed by atoms with Gasteiger partial charge in [0.15, 0.2) is 5.76 Å². The molecule has 1 atom stereocenters. The van der Waals surface area contributed by atoms with Crippen molar-refractivity contribution in [3.05, 3.63) is 42.1 Å². The summed E-state index contributed by atoms with van der Waals surface area (Å²) in [4.78, 5) is 26.1. The zero-order valence-corrected chi connectivity index (χ0v) is 13.5. The molecule has 0 saturated carbocycles. The summed E-state index contributed by atoms with van der Waals surface area (Å²) >= 11 is 0. The van der Waals surface area contributed by atoms with E-state index in [1.807, 2.05) is 6.20 Å². The highest BCUT2D eigenvalue weighted by Gasteiger charge is 2.26. The number of rotatable bonds is 6. The predicted molar refractivity (Wildman–Crippen MR) is 87.3 cm³/mol. The fraction of sp³-hybridized carbons (Fsp3) is 0.471. The number of nitrogens with zero attached hydrogens (tertiary/aromatic N) is 2. The van der Waals surface area contributed by atoms with Crippen molar-refractivity contribution in [3.8, 4) is 0 Å². The summed E-state index contributed by atoms with van der Waals surface area (Å²) in [5.41, 5.74) is 1.11. The van der Waals surface area contributed by atoms with Gasteiger partial charge in [0, 0.05) is 31.7 Å². The van der Waals surface area contributed by atoms with Gasteiger partial charge in [-0.2, -0.15) is 5.10 Å². The number of hydrogen-bond donors (Lipinski definition) is 2. The quantitative estimate of drug-likeness (QED) is 0.844. The van der Waals surface area contributed by atoms with E-state index in [-0.39, 0.29) is 17.9 Å². The Kier molecular flexibility index (Phi) is 5.30. The minimum absolute atomic E-state index is 0.0130. The first-order valence-corrected chi connectivity index (χ1v) is 8.32. The van der Waals surface area contributed by atoms with E-state index in [2.05, 4.69) is 15.5 Å². The maximum atomic E-state index is 12.3. The van der Waals surface area contributed by atoms with Gasteiger partial charge >= 0.3 is 0 Å². The molecule has 0 spiro atoms. The summed E-state index contributed by atoms with van der Waals surface area (Å²) in [7, 11) is 0. The molecule has 1 aliphatic rings. The van der Waals surface area contributed by atoms with E-state index in [9.17, 15) is 9.59 Å². The number of carbonyl (C=O) groups excluding carboxylic acids is 2. The molecule has 7 heteroatoms. The minimum Gasteiger partial charge on any atom is -0.459 e. The van der Waals surface area contributed by atoms with Crippen molar-refractivity contribution in [2.45, 2.75) is 38.1 Å². The number of carbonyl (C=O) groups is 2. The Morgan fingerprint density at radius 3 is 3.12 bits per heavy atom. The molecule has 3 heterocycles. The fourth-order valence-corrected chi connectivity index (χ4v) is 3.00. The monoisotopic (exact) mass is 330 g/mol. The molecule has 0 unspecified atom stereocenters. The van der Waals surface area contributed by atoms with Crippen LogP contribution in [0.1, 0.15) is 41.8 Å². The van der Waals surface area contributed by atoms with Gasteiger partial charge < -0.3 is 14.6 Å². The molecule has 1 fully saturated rings. The van der Waals surface area contributed by atoms with Crippen molar-refractivity contribution in [3.63, 3.8) is 0 Å². The molecular weight excluding hydrogens is 308 g/mol. The molecule has 2 N–H and O–H groups in total. The van der Waals surface area contributed by atoms with Gasteiger partial charge in [-0.3, -0.25) is 14.7 Å². The minimum atomic E-state index is -0.112. The standard InChI is InChI=1S/C17H22N4O3/c22-16(7-1-4-13-10-18-19-11-13)20-14-5-2-8-21(12-14)17(23)15-6-3-9-24-15/h3,6,9-11,14H,1-2,4-5,7-8,12H2,(H,18,19)(H,20,22)/t14-/m1/s1. The average Bonchev–Trinajstić information content (AvgIpc) is 3.28. The Morgan fingerprint density at radius 2 is 2.38 bits per heavy atom. The average molecular weight is 330 g/mol. The topological polar surface area (TPSA) is 91.2 Å². The normalized spacial score (nSPS) is 17.7. The lowest BCUT2D eigenvalue weighted by Gasteiger charge is -2.32. The second-order valence-electron chi connectivity index (χ2n) is 6.10. The number of furan rings is 1. The molecule has 7 nitrogen and oxygen atoms in total. The van der Waals surface area contributed by atoms with Crippen LogP contribution in [0.3, 0.4) is 0 Å². The molecule has 2 aromatic heterocycles. The molecule has 128 valence electrons. The summed E-state index contributed by atoms with van der Waals surface area (Å²) < 4.78 is 5.17. The van der Waals surface area contributed by atoms with Crippen LogP contribution in [0, 0.1) is 0 Å². The first-order valence-electron chi connectivity index (χ1n) is 8.32. The van der Waals surface area contributed by atoms with Gasteiger partial charge in [0.2, 0.25) is 5.91 Å². The number of piperidine rings is 1. The van der Waals surface area contributed by atoms with Gasteiger partial charge in [-0.05, 0) is 43.4 Å². The summed E-state index contributed by atoms with van der Waals surface area (Å²) in [6.45, 7) is 1.24. The highest BCUT2D eigenvalue weighted by Crippen LogP contribution is 2.14. The number of aromatic amines is 1. The van der Waals surface area contributed by atoms with Gasteiger partial charge in [-0.15, -0.1) is 0 Å². The summed E-state index contributed by atoms with van der Waals surface area (Å²) in [6, 6.07) is 3.38. The lowest BCUT2D eigenvalue weighted by Crippen LogP contribution is -2.49. The number of likely N-dealkylation sites (tertiary alicyclic amines) is 1. The number of hydrogen-bond acceptors (Lipinski definition) is 4. The Bertz CT molecular complexity index is 651. The Hall–Kier alpha value is -2.57. The first-order chi connectivity index (χ1) is 11.7. The van der Waals surface area contributed by atoms with Gasteiger partial charge in [-0.25, -0.2) is 0 Å². The molecule has 0 radical (unpaired) electrons. The molecule has 2 aromatic rings. The molecular formula is C17H22N4O3. The third-order valence-corrected chi connectivity index (χ3v) is 4.23. The van der Waals surface area contributed by atoms with Crippen molar-refractivity contribution in [1.29, 1.82) is 0 Å². The number of amides is 2. The molecule has 1 saturated heterocycles. The van der Waals surface area contributed by atoms with Crippen LogP contribution in [0.4, 0.5) is 0 Å². The molecule has 0 bridgehead atoms. The maximum Gasteiger partial charge on any atom is 0.289 e. The number of H-pyrrole nitrogens is 1. The Morgan fingerprint density at radius 1 is 1.46 bits per heavy atom. The molecule has 0 aromatic carbocycles. The van der Waals surface area contributed by atoms with Crippen LogP contribution < -0.4 is 5.32 Å². The van der Waals surface area contributed by atoms with E-state index in [1.165, 1.54) is 6.26 Å². The largest absolute Gasteiger partial charge is 0.459 e. The van der Waals surface area contributed by atoms with Crippen LogP contribution in [0.5, 0.6) is 0 Å². The third kappa shape index (κ3) is 4.24. The SMILES string of the molecule is O=C(CCCc1cn[nH]c1)N[C@@H]1CCCN(C(=O)c2ccco2)C1. The zero-order chi connectivity index (χ0) is 16.8. The van der Waals surface area contributed by atoms with Gasteiger partial charge in [0.25, 0.3) is 5.91 Å². The smallest absolute Gasteiger partial charge is 0.289 e. The highest BCUT2D eigenvalue weighted by molar-refractivity contribution is 5.91. The summed E-state index contributed by atoms with van der Waals surface area (Å²) in [6.07, 6.45) is 8.99. The van der Waals surface area contributed by atoms with E-state index >= 15 is 0 Å². The Balaban J connectivity index is 1.43. The van der Waals surface area contributed by atoms with Gasteiger partial charge in [-0.1, -0.05) is 0 Å². The lowest BCUT2D eigenvalue weighted by molar-refractivity contribution is -0.122. The van der Waals surface area contributed by atoms with E-state index in [1.54, 1.807) is 23.2 Å². The van der Waals surface area contributed by atoms with Crippen molar-refractivity contribution in [2.24, 2.45) is 0 Å².